The van der Waals surface area contributed by atoms with E-state index >= 15 is 0 Å². The van der Waals surface area contributed by atoms with Crippen LogP contribution in [0, 0.1) is 17.8 Å². The van der Waals surface area contributed by atoms with Crippen LogP contribution in [0.4, 0.5) is 10.5 Å². The number of para-hydroxylation sites is 1. The van der Waals surface area contributed by atoms with Gasteiger partial charge in [-0.05, 0) is 48.8 Å². The van der Waals surface area contributed by atoms with E-state index in [1.165, 1.54) is 11.3 Å². The molecule has 5 saturated heterocycles. The van der Waals surface area contributed by atoms with Gasteiger partial charge in [-0.2, -0.15) is 0 Å². The van der Waals surface area contributed by atoms with E-state index in [1.807, 2.05) is 0 Å². The number of barbiturate groups is 1. The Hall–Kier alpha value is -3.27. The van der Waals surface area contributed by atoms with Crippen molar-refractivity contribution in [1.29, 1.82) is 0 Å². The number of nitrogens with zero attached hydrogens (tertiary/aromatic N) is 2. The first-order valence-corrected chi connectivity index (χ1v) is 14.9. The molecule has 9 nitrogen and oxygen atoms in total. The number of carbonyl (C=O) groups excluding carboxylic acids is 3. The third-order valence-corrected chi connectivity index (χ3v) is 11.5. The molecule has 1 spiro atoms. The largest absolute Gasteiger partial charge is 0.392 e. The van der Waals surface area contributed by atoms with E-state index in [0.29, 0.717) is 47.9 Å². The summed E-state index contributed by atoms with van der Waals surface area (Å²) >= 11 is 0. The number of aliphatic hydroxyl groups excluding tert-OH is 2. The van der Waals surface area contributed by atoms with Crippen LogP contribution >= 0.6 is 0 Å². The van der Waals surface area contributed by atoms with Gasteiger partial charge in [0.1, 0.15) is 6.23 Å². The molecule has 41 heavy (non-hydrogen) atoms. The summed E-state index contributed by atoms with van der Waals surface area (Å²) in [5.41, 5.74) is 1.79. The number of anilines is 1. The molecule has 2 aromatic rings. The number of piperidine rings is 4. The SMILES string of the molecule is CCC1(c2ccccc2)C(=O)NC(=O)NC1=O.CC[C@H]1C2C[C@H]3[C@@H]4N(C)c5ccccc5C45C[C@@H](C2[C@H]5O)N3[C@@H]1O. The second-order valence-electron chi connectivity index (χ2n) is 12.7. The van der Waals surface area contributed by atoms with Crippen LogP contribution in [0.3, 0.4) is 0 Å². The molecule has 7 aliphatic rings. The highest BCUT2D eigenvalue weighted by atomic mass is 16.3. The lowest BCUT2D eigenvalue weighted by Gasteiger charge is -2.62. The predicted molar refractivity (Wildman–Crippen MR) is 152 cm³/mol. The van der Waals surface area contributed by atoms with Gasteiger partial charge in [-0.1, -0.05) is 62.4 Å². The van der Waals surface area contributed by atoms with E-state index in [0.717, 1.165) is 19.3 Å². The summed E-state index contributed by atoms with van der Waals surface area (Å²) in [5, 5.41) is 26.9. The second-order valence-corrected chi connectivity index (χ2v) is 12.7. The number of rotatable bonds is 3. The summed E-state index contributed by atoms with van der Waals surface area (Å²) in [5.74, 6) is -0.00345. The Balaban J connectivity index is 0.000000144. The highest BCUT2D eigenvalue weighted by Gasteiger charge is 2.76. The topological polar surface area (TPSA) is 122 Å². The lowest BCUT2D eigenvalue weighted by molar-refractivity contribution is -0.211. The summed E-state index contributed by atoms with van der Waals surface area (Å²) in [6.07, 6.45) is 2.85. The summed E-state index contributed by atoms with van der Waals surface area (Å²) in [7, 11) is 2.19. The lowest BCUT2D eigenvalue weighted by Crippen LogP contribution is -2.72. The fourth-order valence-corrected chi connectivity index (χ4v) is 9.94. The molecule has 1 aliphatic carbocycles. The van der Waals surface area contributed by atoms with Gasteiger partial charge in [0.05, 0.1) is 12.1 Å². The smallest absolute Gasteiger partial charge is 0.328 e. The molecule has 6 fully saturated rings. The maximum atomic E-state index is 12.0. The zero-order valence-corrected chi connectivity index (χ0v) is 23.7. The molecule has 216 valence electrons. The number of aliphatic hydroxyl groups is 2. The van der Waals surface area contributed by atoms with Crippen molar-refractivity contribution in [3.8, 4) is 0 Å². The molecule has 9 rings (SSSR count). The Kier molecular flexibility index (Phi) is 5.92. The Morgan fingerprint density at radius 2 is 1.59 bits per heavy atom. The van der Waals surface area contributed by atoms with Gasteiger partial charge in [0.25, 0.3) is 0 Å². The van der Waals surface area contributed by atoms with Gasteiger partial charge >= 0.3 is 6.03 Å². The average Bonchev–Trinajstić information content (AvgIpc) is 3.36. The van der Waals surface area contributed by atoms with Crippen molar-refractivity contribution in [2.24, 2.45) is 17.8 Å². The van der Waals surface area contributed by atoms with Crippen LogP contribution in [0.25, 0.3) is 0 Å². The Morgan fingerprint density at radius 1 is 0.927 bits per heavy atom. The zero-order chi connectivity index (χ0) is 28.8. The molecule has 4 unspecified atom stereocenters. The maximum Gasteiger partial charge on any atom is 0.328 e. The molecule has 9 heteroatoms. The monoisotopic (exact) mass is 558 g/mol. The van der Waals surface area contributed by atoms with E-state index in [9.17, 15) is 24.6 Å². The summed E-state index contributed by atoms with van der Waals surface area (Å²) in [4.78, 5) is 39.8. The maximum absolute atomic E-state index is 12.0. The quantitative estimate of drug-likeness (QED) is 0.427. The van der Waals surface area contributed by atoms with Crippen molar-refractivity contribution in [1.82, 2.24) is 15.5 Å². The molecule has 10 atom stereocenters. The van der Waals surface area contributed by atoms with Gasteiger partial charge in [0, 0.05) is 42.1 Å². The molecule has 1 saturated carbocycles. The van der Waals surface area contributed by atoms with Crippen LogP contribution in [0.5, 0.6) is 0 Å². The Bertz CT molecular complexity index is 1400. The minimum atomic E-state index is -1.31. The molecular formula is C32H38N4O5. The van der Waals surface area contributed by atoms with E-state index in [-0.39, 0.29) is 17.7 Å². The van der Waals surface area contributed by atoms with Crippen LogP contribution in [-0.4, -0.2) is 70.5 Å². The number of amides is 4. The first kappa shape index (κ1) is 26.6. The van der Waals surface area contributed by atoms with Gasteiger partial charge in [-0.3, -0.25) is 25.1 Å². The van der Waals surface area contributed by atoms with E-state index < -0.39 is 23.3 Å². The summed E-state index contributed by atoms with van der Waals surface area (Å²) in [6, 6.07) is 17.7. The van der Waals surface area contributed by atoms with Gasteiger partial charge < -0.3 is 15.1 Å². The lowest BCUT2D eigenvalue weighted by atomic mass is 9.62. The number of benzene rings is 2. The standard InChI is InChI=1S/C20H26N2O2.C12H12N2O3/c1-3-10-11-8-14-17-20(12-6-4-5-7-13(12)21(17)2)9-15(16(11)18(20)23)22(14)19(10)24;1-2-12(8-6-4-3-5-7-8)9(15)13-11(17)14-10(12)16/h4-7,10-11,14-19,23-24H,3,8-9H2,1-2H3;3-7H,2H2,1H3,(H2,13,14,15,16,17)/t10-,11?,14-,15-,16?,17-,18+,19+,20?;/m0./s1. The number of hydrogen-bond acceptors (Lipinski definition) is 7. The van der Waals surface area contributed by atoms with Crippen molar-refractivity contribution in [3.05, 3.63) is 65.7 Å². The number of imide groups is 2. The van der Waals surface area contributed by atoms with Crippen molar-refractivity contribution >= 4 is 23.5 Å². The number of likely N-dealkylation sites (N-methyl/N-ethyl adjacent to an activating group) is 1. The van der Waals surface area contributed by atoms with E-state index in [1.54, 1.807) is 37.3 Å². The number of hydrogen-bond donors (Lipinski definition) is 4. The molecule has 4 N–H and O–H groups in total. The highest BCUT2D eigenvalue weighted by Crippen LogP contribution is 2.68. The van der Waals surface area contributed by atoms with Crippen LogP contribution in [0.1, 0.15) is 50.7 Å². The molecule has 0 aromatic heterocycles. The van der Waals surface area contributed by atoms with Crippen LogP contribution in [0.2, 0.25) is 0 Å². The normalized spacial score (nSPS) is 40.4. The highest BCUT2D eigenvalue weighted by molar-refractivity contribution is 6.22. The number of urea groups is 1. The first-order chi connectivity index (χ1) is 19.7. The number of nitrogens with one attached hydrogen (secondary N) is 2. The molecule has 4 amide bonds. The third kappa shape index (κ3) is 3.20. The van der Waals surface area contributed by atoms with Crippen molar-refractivity contribution in [3.63, 3.8) is 0 Å². The van der Waals surface area contributed by atoms with Crippen LogP contribution < -0.4 is 15.5 Å². The van der Waals surface area contributed by atoms with E-state index in [2.05, 4.69) is 58.7 Å². The second kappa shape index (κ2) is 9.11. The third-order valence-electron chi connectivity index (χ3n) is 11.5. The van der Waals surface area contributed by atoms with Gasteiger partial charge in [0.15, 0.2) is 5.41 Å². The molecule has 5 bridgehead atoms. The molecule has 6 aliphatic heterocycles. The van der Waals surface area contributed by atoms with Gasteiger partial charge in [0.2, 0.25) is 11.8 Å². The molecule has 0 radical (unpaired) electrons. The minimum absolute atomic E-state index is 0.126. The Morgan fingerprint density at radius 3 is 2.24 bits per heavy atom. The predicted octanol–water partition coefficient (Wildman–Crippen LogP) is 2.25. The first-order valence-electron chi connectivity index (χ1n) is 14.9. The molecular weight excluding hydrogens is 520 g/mol. The fraction of sp³-hybridized carbons (Fsp3) is 0.531. The van der Waals surface area contributed by atoms with Gasteiger partial charge in [-0.15, -0.1) is 0 Å². The minimum Gasteiger partial charge on any atom is -0.392 e. The number of carbonyl (C=O) groups is 3. The number of fused-ring (bicyclic) bond motifs is 2. The van der Waals surface area contributed by atoms with Crippen molar-refractivity contribution in [2.45, 2.75) is 80.8 Å². The van der Waals surface area contributed by atoms with Crippen molar-refractivity contribution in [2.75, 3.05) is 11.9 Å². The fourth-order valence-electron chi connectivity index (χ4n) is 9.94. The van der Waals surface area contributed by atoms with Crippen LogP contribution in [0.15, 0.2) is 54.6 Å². The Labute approximate surface area is 239 Å². The van der Waals surface area contributed by atoms with E-state index in [4.69, 9.17) is 0 Å². The summed E-state index contributed by atoms with van der Waals surface area (Å²) in [6.45, 7) is 3.93. The molecule has 6 heterocycles. The zero-order valence-electron chi connectivity index (χ0n) is 23.7. The molecule has 2 aromatic carbocycles. The summed E-state index contributed by atoms with van der Waals surface area (Å²) < 4.78 is 0. The van der Waals surface area contributed by atoms with Crippen molar-refractivity contribution < 1.29 is 24.6 Å². The van der Waals surface area contributed by atoms with Crippen LogP contribution in [-0.2, 0) is 20.4 Å². The average molecular weight is 559 g/mol. The van der Waals surface area contributed by atoms with Gasteiger partial charge in [-0.25, -0.2) is 4.79 Å².